The zero-order valence-electron chi connectivity index (χ0n) is 13.0. The minimum atomic E-state index is -0.231. The van der Waals surface area contributed by atoms with Crippen molar-refractivity contribution in [3.8, 4) is 11.1 Å². The van der Waals surface area contributed by atoms with Crippen LogP contribution in [-0.2, 0) is 4.79 Å². The molecule has 0 fully saturated rings. The smallest absolute Gasteiger partial charge is 0.260 e. The molecule has 0 aliphatic carbocycles. The van der Waals surface area contributed by atoms with Crippen LogP contribution in [0.2, 0.25) is 0 Å². The van der Waals surface area contributed by atoms with Crippen molar-refractivity contribution >= 4 is 39.1 Å². The third kappa shape index (κ3) is 3.09. The predicted octanol–water partition coefficient (Wildman–Crippen LogP) is 4.03. The Morgan fingerprint density at radius 2 is 2.00 bits per heavy atom. The number of benzene rings is 1. The molecule has 0 spiro atoms. The van der Waals surface area contributed by atoms with Gasteiger partial charge in [0.15, 0.2) is 5.16 Å². The maximum absolute atomic E-state index is 12.6. The number of rotatable bonds is 4. The number of Topliss-reactive ketones (excluding diaryl/α,β-unsaturated/α-hetero) is 1. The molecular weight excluding hydrogens is 328 g/mol. The number of hydrogen-bond acceptors (Lipinski definition) is 5. The molecular formula is C17H16N2O2S2. The summed E-state index contributed by atoms with van der Waals surface area (Å²) in [5.41, 5.74) is 1.80. The summed E-state index contributed by atoms with van der Waals surface area (Å²) in [6.45, 7) is 5.35. The normalized spacial score (nSPS) is 12.5. The van der Waals surface area contributed by atoms with E-state index in [0.29, 0.717) is 15.4 Å². The number of carbonyl (C=O) groups excluding carboxylic acids is 1. The largest absolute Gasteiger partial charge is 0.301 e. The van der Waals surface area contributed by atoms with E-state index in [4.69, 9.17) is 0 Å². The average Bonchev–Trinajstić information content (AvgIpc) is 2.84. The van der Waals surface area contributed by atoms with Gasteiger partial charge in [0.25, 0.3) is 5.56 Å². The molecule has 4 nitrogen and oxygen atoms in total. The second-order valence-electron chi connectivity index (χ2n) is 5.32. The van der Waals surface area contributed by atoms with Crippen LogP contribution in [0.4, 0.5) is 0 Å². The standard InChI is InChI=1S/C17H16N2O2S2/c1-9(20)10(2)23-17-18-15(21)14-13(11(3)22-16(14)19-17)12-7-5-4-6-8-12/h4-8,10H,1-3H3,(H,18,19,21). The summed E-state index contributed by atoms with van der Waals surface area (Å²) in [5.74, 6) is 0.0603. The topological polar surface area (TPSA) is 62.8 Å². The lowest BCUT2D eigenvalue weighted by atomic mass is 10.0. The molecule has 0 aliphatic rings. The van der Waals surface area contributed by atoms with Gasteiger partial charge in [-0.3, -0.25) is 9.59 Å². The van der Waals surface area contributed by atoms with Crippen LogP contribution in [0.1, 0.15) is 18.7 Å². The van der Waals surface area contributed by atoms with Crippen molar-refractivity contribution in [2.24, 2.45) is 0 Å². The molecule has 1 unspecified atom stereocenters. The lowest BCUT2D eigenvalue weighted by molar-refractivity contribution is -0.116. The van der Waals surface area contributed by atoms with E-state index in [0.717, 1.165) is 16.0 Å². The number of thioether (sulfide) groups is 1. The SMILES string of the molecule is CC(=O)C(C)Sc1nc2sc(C)c(-c3ccccc3)c2c(=O)[nH]1. The third-order valence-corrected chi connectivity index (χ3v) is 5.74. The maximum atomic E-state index is 12.6. The van der Waals surface area contributed by atoms with Crippen LogP contribution >= 0.6 is 23.1 Å². The Morgan fingerprint density at radius 3 is 2.65 bits per heavy atom. The number of aromatic nitrogens is 2. The molecule has 2 aromatic heterocycles. The zero-order valence-corrected chi connectivity index (χ0v) is 14.7. The summed E-state index contributed by atoms with van der Waals surface area (Å²) in [7, 11) is 0. The first-order valence-electron chi connectivity index (χ1n) is 7.23. The van der Waals surface area contributed by atoms with Crippen LogP contribution in [0.25, 0.3) is 21.3 Å². The number of H-pyrrole nitrogens is 1. The quantitative estimate of drug-likeness (QED) is 0.573. The highest BCUT2D eigenvalue weighted by molar-refractivity contribution is 8.00. The molecule has 3 rings (SSSR count). The Bertz CT molecular complexity index is 929. The molecule has 0 radical (unpaired) electrons. The molecule has 1 aromatic carbocycles. The summed E-state index contributed by atoms with van der Waals surface area (Å²) < 4.78 is 0. The number of hydrogen-bond donors (Lipinski definition) is 1. The monoisotopic (exact) mass is 344 g/mol. The van der Waals surface area contributed by atoms with E-state index >= 15 is 0 Å². The Morgan fingerprint density at radius 1 is 1.30 bits per heavy atom. The maximum Gasteiger partial charge on any atom is 0.260 e. The average molecular weight is 344 g/mol. The fourth-order valence-electron chi connectivity index (χ4n) is 2.36. The summed E-state index contributed by atoms with van der Waals surface area (Å²) >= 11 is 2.79. The minimum Gasteiger partial charge on any atom is -0.301 e. The molecule has 0 aliphatic heterocycles. The van der Waals surface area contributed by atoms with Gasteiger partial charge in [-0.05, 0) is 26.3 Å². The van der Waals surface area contributed by atoms with Crippen molar-refractivity contribution in [2.45, 2.75) is 31.2 Å². The lowest BCUT2D eigenvalue weighted by Gasteiger charge is -2.06. The number of fused-ring (bicyclic) bond motifs is 1. The summed E-state index contributed by atoms with van der Waals surface area (Å²) in [5, 5.41) is 0.884. The molecule has 0 saturated carbocycles. The van der Waals surface area contributed by atoms with E-state index in [1.165, 1.54) is 30.0 Å². The Labute approximate surface area is 142 Å². The van der Waals surface area contributed by atoms with E-state index in [9.17, 15) is 9.59 Å². The van der Waals surface area contributed by atoms with Gasteiger partial charge in [0.05, 0.1) is 10.6 Å². The van der Waals surface area contributed by atoms with Gasteiger partial charge in [0, 0.05) is 10.4 Å². The lowest BCUT2D eigenvalue weighted by Crippen LogP contribution is -2.13. The van der Waals surface area contributed by atoms with Crippen molar-refractivity contribution in [3.63, 3.8) is 0 Å². The highest BCUT2D eigenvalue weighted by atomic mass is 32.2. The molecule has 6 heteroatoms. The van der Waals surface area contributed by atoms with Crippen LogP contribution < -0.4 is 5.56 Å². The van der Waals surface area contributed by atoms with Crippen molar-refractivity contribution in [2.75, 3.05) is 0 Å². The first kappa shape index (κ1) is 16.0. The Balaban J connectivity index is 2.15. The van der Waals surface area contributed by atoms with Crippen molar-refractivity contribution in [1.29, 1.82) is 0 Å². The van der Waals surface area contributed by atoms with Gasteiger partial charge in [0.2, 0.25) is 0 Å². The van der Waals surface area contributed by atoms with Crippen molar-refractivity contribution in [3.05, 3.63) is 45.6 Å². The Hall–Kier alpha value is -1.92. The summed E-state index contributed by atoms with van der Waals surface area (Å²) in [4.78, 5) is 33.1. The highest BCUT2D eigenvalue weighted by Crippen LogP contribution is 2.36. The van der Waals surface area contributed by atoms with Gasteiger partial charge >= 0.3 is 0 Å². The van der Waals surface area contributed by atoms with E-state index in [2.05, 4.69) is 9.97 Å². The van der Waals surface area contributed by atoms with Crippen LogP contribution in [0.3, 0.4) is 0 Å². The van der Waals surface area contributed by atoms with Crippen LogP contribution in [-0.4, -0.2) is 21.0 Å². The number of thiophene rings is 1. The van der Waals surface area contributed by atoms with Gasteiger partial charge in [-0.2, -0.15) is 0 Å². The van der Waals surface area contributed by atoms with Crippen LogP contribution in [0, 0.1) is 6.92 Å². The minimum absolute atomic E-state index is 0.0603. The number of aryl methyl sites for hydroxylation is 1. The van der Waals surface area contributed by atoms with Crippen molar-refractivity contribution in [1.82, 2.24) is 9.97 Å². The summed E-state index contributed by atoms with van der Waals surface area (Å²) in [6.07, 6.45) is 0. The van der Waals surface area contributed by atoms with Gasteiger partial charge < -0.3 is 4.98 Å². The number of ketones is 1. The molecule has 3 aromatic rings. The molecule has 0 saturated heterocycles. The van der Waals surface area contributed by atoms with Gasteiger partial charge in [0.1, 0.15) is 10.6 Å². The third-order valence-electron chi connectivity index (χ3n) is 3.64. The van der Waals surface area contributed by atoms with E-state index in [1.54, 1.807) is 0 Å². The number of carbonyl (C=O) groups is 1. The van der Waals surface area contributed by atoms with Crippen molar-refractivity contribution < 1.29 is 4.79 Å². The first-order valence-corrected chi connectivity index (χ1v) is 8.93. The van der Waals surface area contributed by atoms with Crippen LogP contribution in [0.15, 0.2) is 40.3 Å². The number of nitrogens with zero attached hydrogens (tertiary/aromatic N) is 1. The second kappa shape index (κ2) is 6.29. The van der Waals surface area contributed by atoms with Gasteiger partial charge in [-0.25, -0.2) is 4.98 Å². The molecule has 118 valence electrons. The fraction of sp³-hybridized carbons (Fsp3) is 0.235. The predicted molar refractivity (Wildman–Crippen MR) is 96.4 cm³/mol. The first-order chi connectivity index (χ1) is 11.0. The molecule has 23 heavy (non-hydrogen) atoms. The Kier molecular flexibility index (Phi) is 4.37. The molecule has 1 atom stereocenters. The van der Waals surface area contributed by atoms with E-state index in [-0.39, 0.29) is 16.6 Å². The van der Waals surface area contributed by atoms with Gasteiger partial charge in [-0.1, -0.05) is 42.1 Å². The summed E-state index contributed by atoms with van der Waals surface area (Å²) in [6, 6.07) is 9.86. The van der Waals surface area contributed by atoms with Crippen LogP contribution in [0.5, 0.6) is 0 Å². The highest BCUT2D eigenvalue weighted by Gasteiger charge is 2.18. The number of nitrogens with one attached hydrogen (secondary N) is 1. The van der Waals surface area contributed by atoms with E-state index < -0.39 is 0 Å². The molecule has 2 heterocycles. The molecule has 1 N–H and O–H groups in total. The molecule has 0 amide bonds. The van der Waals surface area contributed by atoms with E-state index in [1.807, 2.05) is 44.2 Å². The zero-order chi connectivity index (χ0) is 16.6. The molecule has 0 bridgehead atoms. The second-order valence-corrected chi connectivity index (χ2v) is 7.85. The van der Waals surface area contributed by atoms with Gasteiger partial charge in [-0.15, -0.1) is 11.3 Å². The number of aromatic amines is 1. The fourth-order valence-corrected chi connectivity index (χ4v) is 4.26.